The molecule has 6 atom stereocenters. The summed E-state index contributed by atoms with van der Waals surface area (Å²) in [5.41, 5.74) is 0.881. The van der Waals surface area contributed by atoms with Gasteiger partial charge in [0.1, 0.15) is 17.2 Å². The number of ether oxygens (including phenoxy) is 2. The number of carbonyl (C=O) groups is 2. The number of rotatable bonds is 11. The van der Waals surface area contributed by atoms with Crippen molar-refractivity contribution in [2.75, 3.05) is 27.3 Å². The molecule has 2 saturated heterocycles. The molecule has 210 valence electrons. The van der Waals surface area contributed by atoms with Crippen LogP contribution in [0, 0.1) is 11.8 Å². The van der Waals surface area contributed by atoms with Gasteiger partial charge in [-0.2, -0.15) is 8.42 Å². The minimum absolute atomic E-state index is 0.0235. The maximum atomic E-state index is 12.7. The van der Waals surface area contributed by atoms with Gasteiger partial charge in [0, 0.05) is 47.8 Å². The van der Waals surface area contributed by atoms with Gasteiger partial charge in [-0.05, 0) is 31.0 Å². The molecule has 14 heteroatoms. The van der Waals surface area contributed by atoms with E-state index in [9.17, 15) is 28.2 Å². The number of thioether (sulfide) groups is 1. The summed E-state index contributed by atoms with van der Waals surface area (Å²) >= 11 is 1.41. The van der Waals surface area contributed by atoms with E-state index in [2.05, 4.69) is 9.62 Å². The Morgan fingerprint density at radius 2 is 1.89 bits per heavy atom. The third-order valence-electron chi connectivity index (χ3n) is 7.41. The number of aliphatic hydroxyl groups is 1. The van der Waals surface area contributed by atoms with Crippen LogP contribution in [0.4, 0.5) is 0 Å². The molecule has 3 heterocycles. The quantitative estimate of drug-likeness (QED) is 0.272. The highest BCUT2D eigenvalue weighted by Gasteiger charge is 2.60. The van der Waals surface area contributed by atoms with Crippen LogP contribution in [-0.4, -0.2) is 91.1 Å². The number of amides is 1. The molecule has 0 spiro atoms. The topological polar surface area (TPSA) is 172 Å². The number of nitrogens with zero attached hydrogens (tertiary/aromatic N) is 2. The first-order chi connectivity index (χ1) is 17.8. The van der Waals surface area contributed by atoms with E-state index >= 15 is 0 Å². The fourth-order valence-electron chi connectivity index (χ4n) is 5.69. The highest BCUT2D eigenvalue weighted by atomic mass is 32.2. The molecule has 0 radical (unpaired) electrons. The molecule has 3 aliphatic heterocycles. The van der Waals surface area contributed by atoms with Crippen molar-refractivity contribution >= 4 is 33.8 Å². The second-order valence-corrected chi connectivity index (χ2v) is 12.7. The molecule has 0 aliphatic carbocycles. The van der Waals surface area contributed by atoms with Crippen LogP contribution in [0.15, 0.2) is 28.8 Å². The zero-order valence-corrected chi connectivity index (χ0v) is 23.3. The lowest BCUT2D eigenvalue weighted by Crippen LogP contribution is -2.63. The summed E-state index contributed by atoms with van der Waals surface area (Å²) in [5, 5.41) is 25.2. The van der Waals surface area contributed by atoms with E-state index < -0.39 is 34.2 Å². The number of fused-ring (bicyclic) bond motifs is 1. The lowest BCUT2D eigenvalue weighted by atomic mass is 9.79. The molecule has 4 rings (SSSR count). The number of nitrogens with two attached hydrogens (primary N) is 1. The number of β-lactam (4-membered cyclic amide) rings is 1. The SMILES string of the molecule is COc1cc(CN2C[C@@H](SC3=C(C(=O)O)N4C(=O)[C@H]([C@@H](C)O)[C@H]4[C@H]3C)C[C@H]2CNS(N)(=O)=O)cc(OC)c1. The zero-order chi connectivity index (χ0) is 27.9. The summed E-state index contributed by atoms with van der Waals surface area (Å²) in [6.07, 6.45) is -0.309. The summed E-state index contributed by atoms with van der Waals surface area (Å²) in [6, 6.07) is 4.92. The fourth-order valence-corrected chi connectivity index (χ4v) is 7.71. The monoisotopic (exact) mass is 570 g/mol. The molecule has 0 aromatic heterocycles. The predicted octanol–water partition coefficient (Wildman–Crippen LogP) is 0.327. The molecule has 1 aromatic rings. The molecular weight excluding hydrogens is 536 g/mol. The largest absolute Gasteiger partial charge is 0.497 e. The molecule has 0 bridgehead atoms. The Morgan fingerprint density at radius 1 is 1.26 bits per heavy atom. The Morgan fingerprint density at radius 3 is 2.42 bits per heavy atom. The molecule has 0 unspecified atom stereocenters. The highest BCUT2D eigenvalue weighted by molar-refractivity contribution is 8.03. The Kier molecular flexibility index (Phi) is 8.31. The van der Waals surface area contributed by atoms with Gasteiger partial charge in [-0.25, -0.2) is 14.7 Å². The van der Waals surface area contributed by atoms with Gasteiger partial charge < -0.3 is 24.6 Å². The first kappa shape index (κ1) is 28.6. The minimum atomic E-state index is -3.90. The summed E-state index contributed by atoms with van der Waals surface area (Å²) in [5.74, 6) is -1.18. The van der Waals surface area contributed by atoms with Crippen molar-refractivity contribution in [3.05, 3.63) is 34.4 Å². The molecule has 12 nitrogen and oxygen atoms in total. The van der Waals surface area contributed by atoms with E-state index in [1.165, 1.54) is 16.7 Å². The molecule has 1 aromatic carbocycles. The van der Waals surface area contributed by atoms with Crippen LogP contribution in [0.3, 0.4) is 0 Å². The van der Waals surface area contributed by atoms with Crippen molar-refractivity contribution in [2.45, 2.75) is 50.3 Å². The number of methoxy groups -OCH3 is 2. The number of carbonyl (C=O) groups excluding carboxylic acids is 1. The van der Waals surface area contributed by atoms with Crippen LogP contribution in [0.1, 0.15) is 25.8 Å². The third kappa shape index (κ3) is 5.65. The Labute approximate surface area is 226 Å². The average Bonchev–Trinajstić information content (AvgIpc) is 3.32. The number of aliphatic carboxylic acids is 1. The van der Waals surface area contributed by atoms with Crippen LogP contribution in [-0.2, 0) is 26.3 Å². The number of aliphatic hydroxyl groups excluding tert-OH is 1. The van der Waals surface area contributed by atoms with E-state index in [0.29, 0.717) is 35.9 Å². The smallest absolute Gasteiger partial charge is 0.353 e. The first-order valence-corrected chi connectivity index (χ1v) is 14.7. The van der Waals surface area contributed by atoms with E-state index in [0.717, 1.165) is 5.56 Å². The van der Waals surface area contributed by atoms with Crippen LogP contribution < -0.4 is 19.3 Å². The van der Waals surface area contributed by atoms with Crippen molar-refractivity contribution in [3.63, 3.8) is 0 Å². The normalized spacial score (nSPS) is 28.3. The number of benzene rings is 1. The predicted molar refractivity (Wildman–Crippen MR) is 140 cm³/mol. The van der Waals surface area contributed by atoms with Crippen molar-refractivity contribution in [3.8, 4) is 11.5 Å². The fraction of sp³-hybridized carbons (Fsp3) is 0.583. The lowest BCUT2D eigenvalue weighted by Gasteiger charge is -2.46. The number of nitrogens with one attached hydrogen (secondary N) is 1. The summed E-state index contributed by atoms with van der Waals surface area (Å²) in [4.78, 5) is 28.9. The number of hydrogen-bond acceptors (Lipinski definition) is 9. The van der Waals surface area contributed by atoms with Crippen molar-refractivity contribution in [1.82, 2.24) is 14.5 Å². The van der Waals surface area contributed by atoms with E-state index in [1.807, 2.05) is 19.1 Å². The number of carboxylic acid groups (broad SMARTS) is 1. The summed E-state index contributed by atoms with van der Waals surface area (Å²) in [6.45, 7) is 4.54. The highest BCUT2D eigenvalue weighted by Crippen LogP contribution is 2.52. The molecular formula is C24H34N4O8S2. The standard InChI is InChI=1S/C24H34N4O8S2/c1-12-20-19(13(2)29)23(30)28(20)21(24(31)32)22(12)37-18-7-15(9-26-38(25,33)34)27(11-18)10-14-5-16(35-3)8-17(6-14)36-4/h5-6,8,12-13,15,18-20,26,29H,7,9-11H2,1-4H3,(H,31,32)(H2,25,33,34)/t12-,13-,15+,18+,19-,20-/m1/s1. The zero-order valence-electron chi connectivity index (χ0n) is 21.7. The van der Waals surface area contributed by atoms with Gasteiger partial charge in [0.05, 0.1) is 32.3 Å². The van der Waals surface area contributed by atoms with Gasteiger partial charge >= 0.3 is 5.97 Å². The average molecular weight is 571 g/mol. The van der Waals surface area contributed by atoms with E-state index in [1.54, 1.807) is 27.2 Å². The van der Waals surface area contributed by atoms with Crippen molar-refractivity contribution in [1.29, 1.82) is 0 Å². The first-order valence-electron chi connectivity index (χ1n) is 12.2. The van der Waals surface area contributed by atoms with Gasteiger partial charge in [-0.3, -0.25) is 9.69 Å². The molecule has 38 heavy (non-hydrogen) atoms. The van der Waals surface area contributed by atoms with Gasteiger partial charge in [-0.1, -0.05) is 6.92 Å². The van der Waals surface area contributed by atoms with Gasteiger partial charge in [0.2, 0.25) is 5.91 Å². The summed E-state index contributed by atoms with van der Waals surface area (Å²) in [7, 11) is -0.779. The molecule has 1 amide bonds. The maximum Gasteiger partial charge on any atom is 0.353 e. The molecule has 2 fully saturated rings. The van der Waals surface area contributed by atoms with Crippen LogP contribution >= 0.6 is 11.8 Å². The Hall–Kier alpha value is -2.36. The van der Waals surface area contributed by atoms with Crippen LogP contribution in [0.25, 0.3) is 0 Å². The Balaban J connectivity index is 1.57. The third-order valence-corrected chi connectivity index (χ3v) is 9.47. The Bertz CT molecular complexity index is 1220. The molecule has 0 saturated carbocycles. The number of carboxylic acids is 1. The summed E-state index contributed by atoms with van der Waals surface area (Å²) < 4.78 is 36.4. The minimum Gasteiger partial charge on any atom is -0.497 e. The second kappa shape index (κ2) is 11.0. The van der Waals surface area contributed by atoms with Crippen molar-refractivity contribution < 1.29 is 37.7 Å². The number of hydrogen-bond donors (Lipinski definition) is 4. The molecule has 5 N–H and O–H groups in total. The van der Waals surface area contributed by atoms with Gasteiger partial charge in [0.25, 0.3) is 10.2 Å². The lowest BCUT2D eigenvalue weighted by molar-refractivity contribution is -0.163. The van der Waals surface area contributed by atoms with Gasteiger partial charge in [-0.15, -0.1) is 11.8 Å². The van der Waals surface area contributed by atoms with Crippen molar-refractivity contribution in [2.24, 2.45) is 17.0 Å². The maximum absolute atomic E-state index is 12.7. The van der Waals surface area contributed by atoms with Crippen LogP contribution in [0.2, 0.25) is 0 Å². The van der Waals surface area contributed by atoms with Crippen LogP contribution in [0.5, 0.6) is 11.5 Å². The van der Waals surface area contributed by atoms with E-state index in [-0.39, 0.29) is 35.4 Å². The number of likely N-dealkylation sites (tertiary alicyclic amines) is 1. The molecule has 3 aliphatic rings. The second-order valence-electron chi connectivity index (χ2n) is 9.95. The van der Waals surface area contributed by atoms with E-state index in [4.69, 9.17) is 14.6 Å². The van der Waals surface area contributed by atoms with Gasteiger partial charge in [0.15, 0.2) is 0 Å².